The molecule has 0 radical (unpaired) electrons. The number of aliphatic hydroxyl groups excluding tert-OH is 2. The Morgan fingerprint density at radius 1 is 1.07 bits per heavy atom. The molecule has 0 aromatic carbocycles. The van der Waals surface area contributed by atoms with E-state index in [9.17, 15) is 33.6 Å². The SMILES string of the molecule is O=Cc1cccn1[C@@H]1O[C@H](COP(=O)(O)OP(=O)(O)OP(=O)(O)O)[C@@H](O)[C@H]1O. The van der Waals surface area contributed by atoms with E-state index in [1.807, 2.05) is 0 Å². The highest BCUT2D eigenvalue weighted by atomic mass is 31.3. The van der Waals surface area contributed by atoms with E-state index in [0.29, 0.717) is 6.29 Å². The number of aromatic nitrogens is 1. The summed E-state index contributed by atoms with van der Waals surface area (Å²) < 4.78 is 51.3. The molecule has 1 fully saturated rings. The quantitative estimate of drug-likeness (QED) is 0.194. The molecule has 1 aromatic rings. The number of ether oxygens (including phenoxy) is 1. The Balaban J connectivity index is 2.02. The van der Waals surface area contributed by atoms with Crippen LogP contribution in [0.25, 0.3) is 0 Å². The number of aldehydes is 1. The average molecular weight is 467 g/mol. The molecule has 1 saturated heterocycles. The fraction of sp³-hybridized carbons (Fsp3) is 0.500. The number of hydrogen-bond donors (Lipinski definition) is 6. The number of phosphoric ester groups is 1. The normalized spacial score (nSPS) is 29.9. The molecule has 15 nitrogen and oxygen atoms in total. The van der Waals surface area contributed by atoms with Crippen LogP contribution in [0.15, 0.2) is 18.3 Å². The zero-order valence-corrected chi connectivity index (χ0v) is 16.2. The van der Waals surface area contributed by atoms with E-state index in [-0.39, 0.29) is 5.69 Å². The van der Waals surface area contributed by atoms with Crippen LogP contribution in [0.1, 0.15) is 16.7 Å². The molecular formula is C10H16NO14P3. The summed E-state index contributed by atoms with van der Waals surface area (Å²) in [5.74, 6) is 0. The van der Waals surface area contributed by atoms with Gasteiger partial charge in [-0.1, -0.05) is 0 Å². The standard InChI is InChI=1S/C10H16NO14P3/c12-4-6-2-1-3-11(6)10-9(14)8(13)7(23-10)5-22-27(18,19)25-28(20,21)24-26(15,16)17/h1-4,7-10,13-14H,5H2,(H,18,19)(H,20,21)(H2,15,16,17)/t7-,8-,9-,10-/m1/s1. The van der Waals surface area contributed by atoms with Crippen LogP contribution in [0.4, 0.5) is 0 Å². The van der Waals surface area contributed by atoms with Gasteiger partial charge in [0.15, 0.2) is 12.5 Å². The van der Waals surface area contributed by atoms with E-state index >= 15 is 0 Å². The van der Waals surface area contributed by atoms with Crippen molar-refractivity contribution in [3.8, 4) is 0 Å². The van der Waals surface area contributed by atoms with Gasteiger partial charge in [0, 0.05) is 6.20 Å². The second-order valence-electron chi connectivity index (χ2n) is 5.39. The second kappa shape index (κ2) is 8.54. The van der Waals surface area contributed by atoms with Gasteiger partial charge in [0.05, 0.1) is 12.3 Å². The van der Waals surface area contributed by atoms with Crippen LogP contribution in [0, 0.1) is 0 Å². The molecule has 2 rings (SSSR count). The average Bonchev–Trinajstić information content (AvgIpc) is 3.08. The molecule has 1 aliphatic rings. The predicted molar refractivity (Wildman–Crippen MR) is 85.6 cm³/mol. The maximum atomic E-state index is 11.7. The lowest BCUT2D eigenvalue weighted by molar-refractivity contribution is -0.0522. The summed E-state index contributed by atoms with van der Waals surface area (Å²) in [5, 5.41) is 20.0. The number of aliphatic hydroxyl groups is 2. The molecule has 0 aliphatic carbocycles. The number of hydrogen-bond acceptors (Lipinski definition) is 10. The Morgan fingerprint density at radius 3 is 2.29 bits per heavy atom. The summed E-state index contributed by atoms with van der Waals surface area (Å²) >= 11 is 0. The number of carbonyl (C=O) groups is 1. The number of phosphoric acid groups is 3. The van der Waals surface area contributed by atoms with Gasteiger partial charge in [-0.15, -0.1) is 0 Å². The Hall–Kier alpha value is -0.760. The molecule has 6 atom stereocenters. The third-order valence-electron chi connectivity index (χ3n) is 3.36. The van der Waals surface area contributed by atoms with Gasteiger partial charge in [0.1, 0.15) is 18.3 Å². The van der Waals surface area contributed by atoms with Gasteiger partial charge in [0.25, 0.3) is 0 Å². The van der Waals surface area contributed by atoms with Crippen molar-refractivity contribution in [2.75, 3.05) is 6.61 Å². The molecule has 160 valence electrons. The van der Waals surface area contributed by atoms with E-state index in [2.05, 4.69) is 13.1 Å². The van der Waals surface area contributed by atoms with Crippen LogP contribution < -0.4 is 0 Å². The fourth-order valence-electron chi connectivity index (χ4n) is 2.31. The Bertz CT molecular complexity index is 848. The van der Waals surface area contributed by atoms with Crippen LogP contribution >= 0.6 is 23.5 Å². The van der Waals surface area contributed by atoms with Gasteiger partial charge >= 0.3 is 23.5 Å². The third-order valence-corrected chi connectivity index (χ3v) is 7.16. The largest absolute Gasteiger partial charge is 0.490 e. The first-order valence-corrected chi connectivity index (χ1v) is 11.7. The first kappa shape index (κ1) is 23.5. The van der Waals surface area contributed by atoms with Crippen molar-refractivity contribution in [2.45, 2.75) is 24.5 Å². The van der Waals surface area contributed by atoms with Gasteiger partial charge in [0.2, 0.25) is 0 Å². The smallest absolute Gasteiger partial charge is 0.387 e. The van der Waals surface area contributed by atoms with Crippen LogP contribution in [0.5, 0.6) is 0 Å². The predicted octanol–water partition coefficient (Wildman–Crippen LogP) is -0.737. The highest BCUT2D eigenvalue weighted by Crippen LogP contribution is 2.66. The maximum Gasteiger partial charge on any atom is 0.490 e. The molecule has 2 unspecified atom stereocenters. The minimum Gasteiger partial charge on any atom is -0.387 e. The lowest BCUT2D eigenvalue weighted by Gasteiger charge is -2.19. The molecule has 1 aromatic heterocycles. The Kier molecular flexibility index (Phi) is 7.17. The number of carbonyl (C=O) groups excluding carboxylic acids is 1. The summed E-state index contributed by atoms with van der Waals surface area (Å²) in [6, 6.07) is 2.86. The molecule has 1 aliphatic heterocycles. The van der Waals surface area contributed by atoms with Crippen molar-refractivity contribution in [2.24, 2.45) is 0 Å². The highest BCUT2D eigenvalue weighted by molar-refractivity contribution is 7.66. The van der Waals surface area contributed by atoms with Crippen LogP contribution in [0.2, 0.25) is 0 Å². The van der Waals surface area contributed by atoms with Crippen molar-refractivity contribution in [3.63, 3.8) is 0 Å². The van der Waals surface area contributed by atoms with Crippen molar-refractivity contribution in [3.05, 3.63) is 24.0 Å². The second-order valence-corrected chi connectivity index (χ2v) is 9.81. The first-order valence-electron chi connectivity index (χ1n) is 7.17. The third kappa shape index (κ3) is 6.12. The van der Waals surface area contributed by atoms with Gasteiger partial charge in [-0.2, -0.15) is 8.62 Å². The van der Waals surface area contributed by atoms with Gasteiger partial charge in [-0.25, -0.2) is 13.7 Å². The van der Waals surface area contributed by atoms with Crippen molar-refractivity contribution in [1.29, 1.82) is 0 Å². The lowest BCUT2D eigenvalue weighted by Crippen LogP contribution is -2.33. The minimum absolute atomic E-state index is 0.102. The highest BCUT2D eigenvalue weighted by Gasteiger charge is 2.46. The van der Waals surface area contributed by atoms with E-state index in [4.69, 9.17) is 19.4 Å². The van der Waals surface area contributed by atoms with E-state index in [1.165, 1.54) is 22.9 Å². The monoisotopic (exact) mass is 467 g/mol. The molecule has 0 bridgehead atoms. The van der Waals surface area contributed by atoms with Crippen LogP contribution in [-0.2, 0) is 31.6 Å². The molecule has 6 N–H and O–H groups in total. The maximum absolute atomic E-state index is 11.7. The topological polar surface area (TPSA) is 232 Å². The zero-order valence-electron chi connectivity index (χ0n) is 13.6. The summed E-state index contributed by atoms with van der Waals surface area (Å²) in [4.78, 5) is 46.3. The first-order chi connectivity index (χ1) is 12.7. The molecule has 0 spiro atoms. The fourth-order valence-corrected chi connectivity index (χ4v) is 5.34. The molecule has 28 heavy (non-hydrogen) atoms. The van der Waals surface area contributed by atoms with Crippen molar-refractivity contribution < 1.29 is 66.2 Å². The van der Waals surface area contributed by atoms with Crippen LogP contribution in [0.3, 0.4) is 0 Å². The summed E-state index contributed by atoms with van der Waals surface area (Å²) in [5.41, 5.74) is 0.102. The Morgan fingerprint density at radius 2 is 1.71 bits per heavy atom. The van der Waals surface area contributed by atoms with Crippen LogP contribution in [-0.4, -0.2) is 65.6 Å². The molecule has 0 saturated carbocycles. The lowest BCUT2D eigenvalue weighted by atomic mass is 10.1. The molecule has 18 heteroatoms. The minimum atomic E-state index is -5.68. The van der Waals surface area contributed by atoms with Crippen molar-refractivity contribution in [1.82, 2.24) is 4.57 Å². The Labute approximate surface area is 156 Å². The molecule has 2 heterocycles. The number of nitrogens with zero attached hydrogens (tertiary/aromatic N) is 1. The zero-order chi connectivity index (χ0) is 21.3. The van der Waals surface area contributed by atoms with Crippen molar-refractivity contribution >= 4 is 29.8 Å². The van der Waals surface area contributed by atoms with E-state index in [0.717, 1.165) is 0 Å². The van der Waals surface area contributed by atoms with E-state index < -0.39 is 54.6 Å². The molecule has 0 amide bonds. The number of rotatable bonds is 9. The summed E-state index contributed by atoms with van der Waals surface area (Å²) in [6.45, 7) is -0.948. The molecular weight excluding hydrogens is 451 g/mol. The van der Waals surface area contributed by atoms with Gasteiger partial charge < -0.3 is 39.1 Å². The summed E-state index contributed by atoms with van der Waals surface area (Å²) in [6.07, 6.45) is -4.08. The van der Waals surface area contributed by atoms with Gasteiger partial charge in [-0.05, 0) is 12.1 Å². The van der Waals surface area contributed by atoms with E-state index in [1.54, 1.807) is 0 Å². The summed E-state index contributed by atoms with van der Waals surface area (Å²) in [7, 11) is -16.6. The van der Waals surface area contributed by atoms with Gasteiger partial charge in [-0.3, -0.25) is 9.32 Å².